The third-order valence-electron chi connectivity index (χ3n) is 2.73. The van der Waals surface area contributed by atoms with Crippen molar-refractivity contribution in [3.05, 3.63) is 64.7 Å². The van der Waals surface area contributed by atoms with Crippen LogP contribution in [0.3, 0.4) is 0 Å². The zero-order chi connectivity index (χ0) is 16.7. The minimum atomic E-state index is -1.25. The Morgan fingerprint density at radius 3 is 2.39 bits per heavy atom. The number of hydrogen-bond donors (Lipinski definition) is 1. The summed E-state index contributed by atoms with van der Waals surface area (Å²) in [5.41, 5.74) is 3.01. The molecule has 0 spiro atoms. The number of hydrogen-bond acceptors (Lipinski definition) is 5. The SMILES string of the molecule is O=C(COc1ccc(Cl)cc1)N/N=C\c1ccc(C(=O)[O-])cc1. The van der Waals surface area contributed by atoms with Crippen LogP contribution in [0.25, 0.3) is 0 Å². The highest BCUT2D eigenvalue weighted by molar-refractivity contribution is 6.30. The predicted octanol–water partition coefficient (Wildman–Crippen LogP) is 1.23. The lowest BCUT2D eigenvalue weighted by atomic mass is 10.1. The maximum atomic E-state index is 11.6. The lowest BCUT2D eigenvalue weighted by molar-refractivity contribution is -0.255. The zero-order valence-electron chi connectivity index (χ0n) is 11.9. The van der Waals surface area contributed by atoms with Gasteiger partial charge < -0.3 is 14.6 Å². The van der Waals surface area contributed by atoms with Crippen LogP contribution >= 0.6 is 11.6 Å². The van der Waals surface area contributed by atoms with E-state index in [9.17, 15) is 14.7 Å². The Kier molecular flexibility index (Phi) is 5.71. The van der Waals surface area contributed by atoms with E-state index in [0.29, 0.717) is 16.3 Å². The number of carboxylic acids is 1. The summed E-state index contributed by atoms with van der Waals surface area (Å²) in [6, 6.07) is 12.5. The molecule has 6 nitrogen and oxygen atoms in total. The fourth-order valence-corrected chi connectivity index (χ4v) is 1.72. The quantitative estimate of drug-likeness (QED) is 0.636. The summed E-state index contributed by atoms with van der Waals surface area (Å²) in [6.07, 6.45) is 1.39. The van der Waals surface area contributed by atoms with Gasteiger partial charge in [0.1, 0.15) is 5.75 Å². The smallest absolute Gasteiger partial charge is 0.277 e. The molecule has 1 N–H and O–H groups in total. The van der Waals surface area contributed by atoms with E-state index in [2.05, 4.69) is 10.5 Å². The first-order chi connectivity index (χ1) is 11.0. The molecule has 0 saturated carbocycles. The summed E-state index contributed by atoms with van der Waals surface area (Å²) in [6.45, 7) is -0.192. The van der Waals surface area contributed by atoms with Gasteiger partial charge in [-0.05, 0) is 35.4 Å². The molecular formula is C16H12ClN2O4-. The van der Waals surface area contributed by atoms with Crippen LogP contribution < -0.4 is 15.3 Å². The van der Waals surface area contributed by atoms with Gasteiger partial charge in [-0.1, -0.05) is 35.9 Å². The highest BCUT2D eigenvalue weighted by atomic mass is 35.5. The van der Waals surface area contributed by atoms with Crippen molar-refractivity contribution in [2.24, 2.45) is 5.10 Å². The monoisotopic (exact) mass is 331 g/mol. The van der Waals surface area contributed by atoms with Gasteiger partial charge in [0.25, 0.3) is 5.91 Å². The standard InChI is InChI=1S/C16H13ClN2O4/c17-13-5-7-14(8-6-13)23-10-15(20)19-18-9-11-1-3-12(4-2-11)16(21)22/h1-9H,10H2,(H,19,20)(H,21,22)/p-1/b18-9-. The molecule has 2 aromatic carbocycles. The third-order valence-corrected chi connectivity index (χ3v) is 2.98. The zero-order valence-corrected chi connectivity index (χ0v) is 12.6. The number of carbonyl (C=O) groups is 2. The molecule has 0 aliphatic carbocycles. The van der Waals surface area contributed by atoms with Crippen LogP contribution in [-0.4, -0.2) is 24.7 Å². The molecule has 0 saturated heterocycles. The molecule has 0 aromatic heterocycles. The number of aromatic carboxylic acids is 1. The lowest BCUT2D eigenvalue weighted by Gasteiger charge is -2.04. The van der Waals surface area contributed by atoms with E-state index in [-0.39, 0.29) is 12.2 Å². The second-order valence-electron chi connectivity index (χ2n) is 4.45. The Labute approximate surface area is 137 Å². The Bertz CT molecular complexity index is 712. The molecule has 0 bridgehead atoms. The van der Waals surface area contributed by atoms with Gasteiger partial charge in [0.2, 0.25) is 0 Å². The fourth-order valence-electron chi connectivity index (χ4n) is 1.60. The molecule has 0 heterocycles. The Hall–Kier alpha value is -2.86. The van der Waals surface area contributed by atoms with Crippen molar-refractivity contribution in [3.63, 3.8) is 0 Å². The van der Waals surface area contributed by atoms with Gasteiger partial charge in [-0.25, -0.2) is 5.43 Å². The third kappa shape index (κ3) is 5.44. The average Bonchev–Trinajstić information content (AvgIpc) is 2.55. The molecule has 2 rings (SSSR count). The van der Waals surface area contributed by atoms with Crippen molar-refractivity contribution >= 4 is 29.7 Å². The Morgan fingerprint density at radius 1 is 1.13 bits per heavy atom. The predicted molar refractivity (Wildman–Crippen MR) is 83.5 cm³/mol. The number of benzene rings is 2. The molecular weight excluding hydrogens is 320 g/mol. The largest absolute Gasteiger partial charge is 0.545 e. The number of rotatable bonds is 6. The molecule has 0 atom stereocenters. The first-order valence-electron chi connectivity index (χ1n) is 6.56. The number of ether oxygens (including phenoxy) is 1. The number of amides is 1. The number of carbonyl (C=O) groups excluding carboxylic acids is 2. The molecule has 0 aliphatic heterocycles. The summed E-state index contributed by atoms with van der Waals surface area (Å²) in [5.74, 6) is -1.16. The maximum Gasteiger partial charge on any atom is 0.277 e. The summed E-state index contributed by atoms with van der Waals surface area (Å²) in [5, 5.41) is 14.9. The number of hydrazone groups is 1. The topological polar surface area (TPSA) is 90.8 Å². The highest BCUT2D eigenvalue weighted by Crippen LogP contribution is 2.15. The van der Waals surface area contributed by atoms with E-state index in [0.717, 1.165) is 0 Å². The molecule has 1 amide bonds. The highest BCUT2D eigenvalue weighted by Gasteiger charge is 2.01. The summed E-state index contributed by atoms with van der Waals surface area (Å²) >= 11 is 5.74. The number of nitrogens with zero attached hydrogens (tertiary/aromatic N) is 1. The van der Waals surface area contributed by atoms with E-state index >= 15 is 0 Å². The van der Waals surface area contributed by atoms with Gasteiger partial charge in [-0.2, -0.15) is 5.10 Å². The fraction of sp³-hybridized carbons (Fsp3) is 0.0625. The summed E-state index contributed by atoms with van der Waals surface area (Å²) in [4.78, 5) is 22.2. The van der Waals surface area contributed by atoms with Crippen LogP contribution in [0.2, 0.25) is 5.02 Å². The second-order valence-corrected chi connectivity index (χ2v) is 4.88. The molecule has 2 aromatic rings. The van der Waals surface area contributed by atoms with Crippen LogP contribution in [-0.2, 0) is 4.79 Å². The molecule has 118 valence electrons. The number of nitrogens with one attached hydrogen (secondary N) is 1. The van der Waals surface area contributed by atoms with Crippen molar-refractivity contribution in [3.8, 4) is 5.75 Å². The number of carboxylic acid groups (broad SMARTS) is 1. The van der Waals surface area contributed by atoms with Crippen LogP contribution in [0.1, 0.15) is 15.9 Å². The van der Waals surface area contributed by atoms with Gasteiger partial charge >= 0.3 is 0 Å². The molecule has 0 unspecified atom stereocenters. The van der Waals surface area contributed by atoms with Crippen molar-refractivity contribution < 1.29 is 19.4 Å². The Morgan fingerprint density at radius 2 is 1.78 bits per heavy atom. The lowest BCUT2D eigenvalue weighted by Crippen LogP contribution is -2.24. The van der Waals surface area contributed by atoms with Crippen molar-refractivity contribution in [1.29, 1.82) is 0 Å². The molecule has 0 fully saturated rings. The first kappa shape index (κ1) is 16.5. The second kappa shape index (κ2) is 7.95. The van der Waals surface area contributed by atoms with E-state index in [1.807, 2.05) is 0 Å². The van der Waals surface area contributed by atoms with Crippen LogP contribution in [0.15, 0.2) is 53.6 Å². The van der Waals surface area contributed by atoms with E-state index in [1.165, 1.54) is 18.3 Å². The van der Waals surface area contributed by atoms with Gasteiger partial charge in [-0.15, -0.1) is 0 Å². The van der Waals surface area contributed by atoms with E-state index in [4.69, 9.17) is 16.3 Å². The number of halogens is 1. The van der Waals surface area contributed by atoms with Crippen molar-refractivity contribution in [1.82, 2.24) is 5.43 Å². The van der Waals surface area contributed by atoms with Crippen LogP contribution in [0, 0.1) is 0 Å². The van der Waals surface area contributed by atoms with Gasteiger partial charge in [-0.3, -0.25) is 4.79 Å². The summed E-state index contributed by atoms with van der Waals surface area (Å²) < 4.78 is 5.25. The van der Waals surface area contributed by atoms with Gasteiger partial charge in [0.15, 0.2) is 6.61 Å². The maximum absolute atomic E-state index is 11.6. The molecule has 23 heavy (non-hydrogen) atoms. The van der Waals surface area contributed by atoms with E-state index in [1.54, 1.807) is 36.4 Å². The molecule has 0 aliphatic rings. The first-order valence-corrected chi connectivity index (χ1v) is 6.94. The molecule has 7 heteroatoms. The Balaban J connectivity index is 1.79. The van der Waals surface area contributed by atoms with Gasteiger partial charge in [0.05, 0.1) is 12.2 Å². The van der Waals surface area contributed by atoms with Crippen LogP contribution in [0.4, 0.5) is 0 Å². The van der Waals surface area contributed by atoms with Gasteiger partial charge in [0, 0.05) is 5.02 Å². The van der Waals surface area contributed by atoms with Crippen molar-refractivity contribution in [2.75, 3.05) is 6.61 Å². The van der Waals surface area contributed by atoms with Crippen molar-refractivity contribution in [2.45, 2.75) is 0 Å². The molecule has 0 radical (unpaired) electrons. The average molecular weight is 332 g/mol. The summed E-state index contributed by atoms with van der Waals surface area (Å²) in [7, 11) is 0. The minimum Gasteiger partial charge on any atom is -0.545 e. The minimum absolute atomic E-state index is 0.0718. The normalized spacial score (nSPS) is 10.5. The van der Waals surface area contributed by atoms with Crippen LogP contribution in [0.5, 0.6) is 5.75 Å². The van der Waals surface area contributed by atoms with E-state index < -0.39 is 11.9 Å².